The summed E-state index contributed by atoms with van der Waals surface area (Å²) in [6.07, 6.45) is 0.839. The van der Waals surface area contributed by atoms with Crippen LogP contribution >= 0.6 is 0 Å². The average Bonchev–Trinajstić information content (AvgIpc) is 2.66. The number of amides is 3. The first-order chi connectivity index (χ1) is 13.0. The summed E-state index contributed by atoms with van der Waals surface area (Å²) < 4.78 is 5.35. The minimum Gasteiger partial charge on any atom is -0.484 e. The summed E-state index contributed by atoms with van der Waals surface area (Å²) >= 11 is 0. The van der Waals surface area contributed by atoms with E-state index in [0.717, 1.165) is 6.42 Å². The van der Waals surface area contributed by atoms with Gasteiger partial charge < -0.3 is 10.1 Å². The lowest BCUT2D eigenvalue weighted by molar-refractivity contribution is -0.122. The summed E-state index contributed by atoms with van der Waals surface area (Å²) in [5.74, 6) is 0.288. The maximum absolute atomic E-state index is 12.3. The lowest BCUT2D eigenvalue weighted by atomic mass is 10.0. The molecule has 27 heavy (non-hydrogen) atoms. The number of urea groups is 1. The van der Waals surface area contributed by atoms with E-state index >= 15 is 0 Å². The Balaban J connectivity index is 1.78. The van der Waals surface area contributed by atoms with E-state index in [0.29, 0.717) is 29.3 Å². The molecule has 0 saturated carbocycles. The molecule has 0 unspecified atom stereocenters. The summed E-state index contributed by atoms with van der Waals surface area (Å²) in [7, 11) is 0. The first-order valence-electron chi connectivity index (χ1n) is 8.86. The Hall–Kier alpha value is -3.15. The smallest absolute Gasteiger partial charge is 0.321 e. The van der Waals surface area contributed by atoms with Crippen molar-refractivity contribution in [3.05, 3.63) is 65.7 Å². The molecule has 0 saturated heterocycles. The van der Waals surface area contributed by atoms with Crippen LogP contribution in [0.1, 0.15) is 36.2 Å². The highest BCUT2D eigenvalue weighted by molar-refractivity contribution is 6.09. The second-order valence-corrected chi connectivity index (χ2v) is 6.49. The predicted octanol–water partition coefficient (Wildman–Crippen LogP) is 3.17. The van der Waals surface area contributed by atoms with Crippen molar-refractivity contribution in [3.63, 3.8) is 0 Å². The summed E-state index contributed by atoms with van der Waals surface area (Å²) in [5.41, 5.74) is 1.14. The standard InChI is InChI=1S/C21H24N2O4/c1-15(2)12-13-22-21(26)23-19(24)14-27-18-10-8-17(9-11-18)20(25)16-6-4-3-5-7-16/h3-11,15H,12-14H2,1-2H3,(H2,22,23,24,26). The van der Waals surface area contributed by atoms with Crippen LogP contribution in [-0.4, -0.2) is 30.9 Å². The lowest BCUT2D eigenvalue weighted by Crippen LogP contribution is -2.42. The van der Waals surface area contributed by atoms with Crippen molar-refractivity contribution in [1.29, 1.82) is 0 Å². The molecular weight excluding hydrogens is 344 g/mol. The normalized spacial score (nSPS) is 10.3. The molecule has 0 radical (unpaired) electrons. The maximum atomic E-state index is 12.3. The van der Waals surface area contributed by atoms with Crippen LogP contribution in [0, 0.1) is 5.92 Å². The number of hydrogen-bond donors (Lipinski definition) is 2. The fraction of sp³-hybridized carbons (Fsp3) is 0.286. The first kappa shape index (κ1) is 20.2. The first-order valence-corrected chi connectivity index (χ1v) is 8.86. The molecule has 0 aliphatic heterocycles. The highest BCUT2D eigenvalue weighted by Gasteiger charge is 2.10. The third kappa shape index (κ3) is 6.93. The van der Waals surface area contributed by atoms with Gasteiger partial charge in [0.2, 0.25) is 0 Å². The zero-order valence-electron chi connectivity index (χ0n) is 15.5. The number of nitrogens with one attached hydrogen (secondary N) is 2. The van der Waals surface area contributed by atoms with Gasteiger partial charge in [0, 0.05) is 17.7 Å². The summed E-state index contributed by atoms with van der Waals surface area (Å²) in [6.45, 7) is 4.33. The minimum absolute atomic E-state index is 0.0852. The molecule has 0 aromatic heterocycles. The molecule has 0 heterocycles. The van der Waals surface area contributed by atoms with E-state index in [-0.39, 0.29) is 12.4 Å². The van der Waals surface area contributed by atoms with Crippen LogP contribution in [0.15, 0.2) is 54.6 Å². The second-order valence-electron chi connectivity index (χ2n) is 6.49. The Morgan fingerprint density at radius 2 is 1.56 bits per heavy atom. The zero-order valence-corrected chi connectivity index (χ0v) is 15.5. The molecule has 0 aliphatic carbocycles. The molecule has 0 fully saturated rings. The number of hydrogen-bond acceptors (Lipinski definition) is 4. The second kappa shape index (κ2) is 10.1. The summed E-state index contributed by atoms with van der Waals surface area (Å²) in [6, 6.07) is 15.0. The summed E-state index contributed by atoms with van der Waals surface area (Å²) in [5, 5.41) is 4.82. The highest BCUT2D eigenvalue weighted by atomic mass is 16.5. The highest BCUT2D eigenvalue weighted by Crippen LogP contribution is 2.15. The van der Waals surface area contributed by atoms with Crippen molar-refractivity contribution in [1.82, 2.24) is 10.6 Å². The van der Waals surface area contributed by atoms with Crippen LogP contribution in [0.4, 0.5) is 4.79 Å². The van der Waals surface area contributed by atoms with E-state index in [1.807, 2.05) is 18.2 Å². The number of imide groups is 1. The molecule has 0 aliphatic rings. The van der Waals surface area contributed by atoms with E-state index in [4.69, 9.17) is 4.74 Å². The van der Waals surface area contributed by atoms with E-state index in [9.17, 15) is 14.4 Å². The molecule has 6 nitrogen and oxygen atoms in total. The number of carbonyl (C=O) groups excluding carboxylic acids is 3. The van der Waals surface area contributed by atoms with Gasteiger partial charge in [-0.05, 0) is 36.6 Å². The average molecular weight is 368 g/mol. The van der Waals surface area contributed by atoms with Gasteiger partial charge in [-0.25, -0.2) is 4.79 Å². The monoisotopic (exact) mass is 368 g/mol. The maximum Gasteiger partial charge on any atom is 0.321 e. The van der Waals surface area contributed by atoms with E-state index < -0.39 is 11.9 Å². The molecule has 6 heteroatoms. The number of carbonyl (C=O) groups is 3. The minimum atomic E-state index is -0.540. The summed E-state index contributed by atoms with van der Waals surface area (Å²) in [4.78, 5) is 35.6. The van der Waals surface area contributed by atoms with Crippen LogP contribution in [0.2, 0.25) is 0 Å². The molecule has 0 spiro atoms. The Labute approximate surface area is 158 Å². The van der Waals surface area contributed by atoms with Gasteiger partial charge in [-0.3, -0.25) is 14.9 Å². The van der Waals surface area contributed by atoms with Crippen LogP contribution < -0.4 is 15.4 Å². The van der Waals surface area contributed by atoms with Gasteiger partial charge in [-0.1, -0.05) is 44.2 Å². The molecule has 2 aromatic carbocycles. The van der Waals surface area contributed by atoms with E-state index in [1.165, 1.54) is 0 Å². The predicted molar refractivity (Wildman–Crippen MR) is 103 cm³/mol. The van der Waals surface area contributed by atoms with Gasteiger partial charge in [0.1, 0.15) is 5.75 Å². The van der Waals surface area contributed by atoms with E-state index in [1.54, 1.807) is 36.4 Å². The third-order valence-electron chi connectivity index (χ3n) is 3.78. The Bertz CT molecular complexity index is 771. The number of rotatable bonds is 8. The van der Waals surface area contributed by atoms with Gasteiger partial charge in [0.15, 0.2) is 12.4 Å². The molecule has 142 valence electrons. The van der Waals surface area contributed by atoms with Crippen LogP contribution in [0.25, 0.3) is 0 Å². The Morgan fingerprint density at radius 3 is 2.19 bits per heavy atom. The molecular formula is C21H24N2O4. The topological polar surface area (TPSA) is 84.5 Å². The molecule has 3 amide bonds. The Morgan fingerprint density at radius 1 is 0.926 bits per heavy atom. The fourth-order valence-corrected chi connectivity index (χ4v) is 2.29. The van der Waals surface area contributed by atoms with Crippen LogP contribution in [0.3, 0.4) is 0 Å². The fourth-order valence-electron chi connectivity index (χ4n) is 2.29. The van der Waals surface area contributed by atoms with Gasteiger partial charge in [-0.15, -0.1) is 0 Å². The molecule has 0 atom stereocenters. The van der Waals surface area contributed by atoms with Crippen molar-refractivity contribution in [2.45, 2.75) is 20.3 Å². The molecule has 2 N–H and O–H groups in total. The van der Waals surface area contributed by atoms with Crippen LogP contribution in [0.5, 0.6) is 5.75 Å². The molecule has 0 bridgehead atoms. The van der Waals surface area contributed by atoms with Crippen molar-refractivity contribution < 1.29 is 19.1 Å². The van der Waals surface area contributed by atoms with Crippen molar-refractivity contribution >= 4 is 17.7 Å². The van der Waals surface area contributed by atoms with Crippen LogP contribution in [-0.2, 0) is 4.79 Å². The van der Waals surface area contributed by atoms with Crippen molar-refractivity contribution in [2.75, 3.05) is 13.2 Å². The molecule has 2 rings (SSSR count). The molecule has 2 aromatic rings. The van der Waals surface area contributed by atoms with E-state index in [2.05, 4.69) is 24.5 Å². The zero-order chi connectivity index (χ0) is 19.6. The van der Waals surface area contributed by atoms with Crippen molar-refractivity contribution in [2.24, 2.45) is 5.92 Å². The van der Waals surface area contributed by atoms with Gasteiger partial charge in [-0.2, -0.15) is 0 Å². The lowest BCUT2D eigenvalue weighted by Gasteiger charge is -2.09. The van der Waals surface area contributed by atoms with Gasteiger partial charge in [0.25, 0.3) is 5.91 Å². The quantitative estimate of drug-likeness (QED) is 0.701. The SMILES string of the molecule is CC(C)CCNC(=O)NC(=O)COc1ccc(C(=O)c2ccccc2)cc1. The Kier molecular flexibility index (Phi) is 7.55. The van der Waals surface area contributed by atoms with Gasteiger partial charge >= 0.3 is 6.03 Å². The third-order valence-corrected chi connectivity index (χ3v) is 3.78. The van der Waals surface area contributed by atoms with Crippen molar-refractivity contribution in [3.8, 4) is 5.75 Å². The largest absolute Gasteiger partial charge is 0.484 e. The van der Waals surface area contributed by atoms with Gasteiger partial charge in [0.05, 0.1) is 0 Å². The number of ketones is 1. The number of benzene rings is 2. The number of ether oxygens (including phenoxy) is 1.